The molecule has 0 atom stereocenters. The van der Waals surface area contributed by atoms with E-state index in [1.165, 1.54) is 4.90 Å². The van der Waals surface area contributed by atoms with Crippen molar-refractivity contribution in [1.29, 1.82) is 0 Å². The molecule has 1 saturated carbocycles. The van der Waals surface area contributed by atoms with Crippen LogP contribution in [0.2, 0.25) is 0 Å². The van der Waals surface area contributed by atoms with Gasteiger partial charge >= 0.3 is 0 Å². The summed E-state index contributed by atoms with van der Waals surface area (Å²) in [5.41, 5.74) is 3.84. The lowest BCUT2D eigenvalue weighted by Gasteiger charge is -2.29. The van der Waals surface area contributed by atoms with Gasteiger partial charge in [-0.05, 0) is 68.1 Å². The zero-order valence-electron chi connectivity index (χ0n) is 18.2. The van der Waals surface area contributed by atoms with Gasteiger partial charge in [-0.2, -0.15) is 0 Å². The zero-order chi connectivity index (χ0) is 22.8. The molecule has 1 aliphatic carbocycles. The molecule has 0 spiro atoms. The van der Waals surface area contributed by atoms with E-state index in [4.69, 9.17) is 11.6 Å². The van der Waals surface area contributed by atoms with E-state index in [1.807, 2.05) is 32.0 Å². The highest BCUT2D eigenvalue weighted by Crippen LogP contribution is 2.32. The minimum absolute atomic E-state index is 0.0640. The summed E-state index contributed by atoms with van der Waals surface area (Å²) in [5.74, 6) is -1.12. The lowest BCUT2D eigenvalue weighted by atomic mass is 9.94. The number of nitrogens with one attached hydrogen (secondary N) is 2. The summed E-state index contributed by atoms with van der Waals surface area (Å²) in [5, 5.41) is 5.77. The van der Waals surface area contributed by atoms with Gasteiger partial charge in [-0.3, -0.25) is 19.3 Å². The van der Waals surface area contributed by atoms with Gasteiger partial charge in [0.25, 0.3) is 17.7 Å². The molecule has 4 rings (SSSR count). The number of anilines is 2. The van der Waals surface area contributed by atoms with Crippen LogP contribution < -0.4 is 10.6 Å². The maximum Gasteiger partial charge on any atom is 0.279 e. The fourth-order valence-electron chi connectivity index (χ4n) is 4.43. The minimum atomic E-state index is -0.449. The molecule has 1 heterocycles. The maximum atomic E-state index is 13.0. The Kier molecular flexibility index (Phi) is 6.33. The van der Waals surface area contributed by atoms with E-state index in [0.29, 0.717) is 11.3 Å². The molecule has 2 aromatic rings. The third-order valence-electron chi connectivity index (χ3n) is 5.87. The van der Waals surface area contributed by atoms with E-state index < -0.39 is 11.8 Å². The SMILES string of the molecule is Cc1cc(C)cc(NC(=O)c2cccc(NC3=C(Cl)C(=O)N(C4CCCCC4)C3=O)c2)c1. The highest BCUT2D eigenvalue weighted by Gasteiger charge is 2.42. The van der Waals surface area contributed by atoms with Gasteiger partial charge in [-0.1, -0.05) is 43.0 Å². The minimum Gasteiger partial charge on any atom is -0.350 e. The monoisotopic (exact) mass is 451 g/mol. The first-order valence-electron chi connectivity index (χ1n) is 10.9. The van der Waals surface area contributed by atoms with Gasteiger partial charge < -0.3 is 10.6 Å². The molecule has 1 aliphatic heterocycles. The van der Waals surface area contributed by atoms with Crippen molar-refractivity contribution in [3.05, 3.63) is 69.9 Å². The normalized spacial score (nSPS) is 17.2. The highest BCUT2D eigenvalue weighted by atomic mass is 35.5. The van der Waals surface area contributed by atoms with Crippen LogP contribution in [0.1, 0.15) is 53.6 Å². The van der Waals surface area contributed by atoms with E-state index >= 15 is 0 Å². The summed E-state index contributed by atoms with van der Waals surface area (Å²) >= 11 is 6.25. The summed E-state index contributed by atoms with van der Waals surface area (Å²) in [7, 11) is 0. The quantitative estimate of drug-likeness (QED) is 0.618. The van der Waals surface area contributed by atoms with E-state index in [0.717, 1.165) is 48.9 Å². The first-order chi connectivity index (χ1) is 15.3. The number of hydrogen-bond acceptors (Lipinski definition) is 4. The lowest BCUT2D eigenvalue weighted by molar-refractivity contribution is -0.140. The Labute approximate surface area is 192 Å². The van der Waals surface area contributed by atoms with Gasteiger partial charge in [0.2, 0.25) is 0 Å². The average molecular weight is 452 g/mol. The summed E-state index contributed by atoms with van der Waals surface area (Å²) in [6.45, 7) is 3.95. The van der Waals surface area contributed by atoms with E-state index in [9.17, 15) is 14.4 Å². The van der Waals surface area contributed by atoms with E-state index in [2.05, 4.69) is 10.6 Å². The number of halogens is 1. The molecule has 0 aromatic heterocycles. The molecule has 0 radical (unpaired) electrons. The van der Waals surface area contributed by atoms with Crippen molar-refractivity contribution in [3.63, 3.8) is 0 Å². The molecule has 0 saturated heterocycles. The molecule has 0 unspecified atom stereocenters. The van der Waals surface area contributed by atoms with E-state index in [1.54, 1.807) is 24.3 Å². The number of amides is 3. The molecule has 2 aliphatic rings. The first kappa shape index (κ1) is 22.1. The fourth-order valence-corrected chi connectivity index (χ4v) is 4.65. The van der Waals surface area contributed by atoms with Crippen molar-refractivity contribution in [2.75, 3.05) is 10.6 Å². The lowest BCUT2D eigenvalue weighted by Crippen LogP contribution is -2.42. The van der Waals surface area contributed by atoms with Crippen molar-refractivity contribution in [2.24, 2.45) is 0 Å². The van der Waals surface area contributed by atoms with Gasteiger partial charge in [0, 0.05) is 23.0 Å². The third-order valence-corrected chi connectivity index (χ3v) is 6.22. The Morgan fingerprint density at radius 2 is 1.62 bits per heavy atom. The number of carbonyl (C=O) groups is 3. The van der Waals surface area contributed by atoms with Crippen LogP contribution in [0.25, 0.3) is 0 Å². The van der Waals surface area contributed by atoms with Crippen LogP contribution in [-0.4, -0.2) is 28.7 Å². The molecule has 6 nitrogen and oxygen atoms in total. The van der Waals surface area contributed by atoms with Crippen molar-refractivity contribution < 1.29 is 14.4 Å². The number of rotatable bonds is 5. The van der Waals surface area contributed by atoms with Gasteiger partial charge in [-0.25, -0.2) is 0 Å². The highest BCUT2D eigenvalue weighted by molar-refractivity contribution is 6.48. The molecule has 7 heteroatoms. The second-order valence-corrected chi connectivity index (χ2v) is 8.88. The molecule has 0 bridgehead atoms. The summed E-state index contributed by atoms with van der Waals surface area (Å²) < 4.78 is 0. The van der Waals surface area contributed by atoms with Crippen molar-refractivity contribution in [3.8, 4) is 0 Å². The Bertz CT molecular complexity index is 1100. The zero-order valence-corrected chi connectivity index (χ0v) is 19.0. The number of hydrogen-bond donors (Lipinski definition) is 2. The molecular formula is C25H26ClN3O3. The second-order valence-electron chi connectivity index (χ2n) is 8.50. The van der Waals surface area contributed by atoms with Crippen LogP contribution in [-0.2, 0) is 9.59 Å². The molecule has 1 fully saturated rings. The average Bonchev–Trinajstić information content (AvgIpc) is 2.97. The fraction of sp³-hybridized carbons (Fsp3) is 0.320. The topological polar surface area (TPSA) is 78.5 Å². The predicted molar refractivity (Wildman–Crippen MR) is 126 cm³/mol. The molecule has 2 N–H and O–H groups in total. The number of benzene rings is 2. The number of imide groups is 1. The second kappa shape index (κ2) is 9.17. The predicted octanol–water partition coefficient (Wildman–Crippen LogP) is 5.12. The van der Waals surface area contributed by atoms with Crippen LogP contribution in [0.15, 0.2) is 53.2 Å². The molecule has 2 aromatic carbocycles. The van der Waals surface area contributed by atoms with Crippen LogP contribution in [0, 0.1) is 13.8 Å². The van der Waals surface area contributed by atoms with Crippen LogP contribution in [0.4, 0.5) is 11.4 Å². The number of carbonyl (C=O) groups excluding carboxylic acids is 3. The van der Waals surface area contributed by atoms with E-state index in [-0.39, 0.29) is 22.7 Å². The molecular weight excluding hydrogens is 426 g/mol. The summed E-state index contributed by atoms with van der Waals surface area (Å²) in [6.07, 6.45) is 4.74. The molecule has 3 amide bonds. The molecule has 166 valence electrons. The maximum absolute atomic E-state index is 13.0. The Hall–Kier alpha value is -3.12. The first-order valence-corrected chi connectivity index (χ1v) is 11.3. The molecule has 32 heavy (non-hydrogen) atoms. The van der Waals surface area contributed by atoms with Crippen LogP contribution >= 0.6 is 11.6 Å². The Balaban J connectivity index is 1.50. The van der Waals surface area contributed by atoms with Crippen LogP contribution in [0.3, 0.4) is 0 Å². The number of nitrogens with zero attached hydrogens (tertiary/aromatic N) is 1. The Morgan fingerprint density at radius 3 is 2.31 bits per heavy atom. The van der Waals surface area contributed by atoms with Gasteiger partial charge in [0.1, 0.15) is 10.7 Å². The van der Waals surface area contributed by atoms with Crippen molar-refractivity contribution in [1.82, 2.24) is 4.90 Å². The van der Waals surface area contributed by atoms with Crippen molar-refractivity contribution in [2.45, 2.75) is 52.0 Å². The summed E-state index contributed by atoms with van der Waals surface area (Å²) in [4.78, 5) is 39.7. The largest absolute Gasteiger partial charge is 0.350 e. The van der Waals surface area contributed by atoms with Crippen LogP contribution in [0.5, 0.6) is 0 Å². The van der Waals surface area contributed by atoms with Gasteiger partial charge in [0.05, 0.1) is 0 Å². The number of aryl methyl sites for hydroxylation is 2. The van der Waals surface area contributed by atoms with Gasteiger partial charge in [0.15, 0.2) is 0 Å². The third kappa shape index (κ3) is 4.55. The van der Waals surface area contributed by atoms with Crippen molar-refractivity contribution >= 4 is 40.7 Å². The standard InChI is InChI=1S/C25H26ClN3O3/c1-15-11-16(2)13-19(12-15)28-23(30)17-7-6-8-18(14-17)27-22-21(26)24(31)29(25(22)32)20-9-4-3-5-10-20/h6-8,11-14,20,27H,3-5,9-10H2,1-2H3,(H,28,30). The smallest absolute Gasteiger partial charge is 0.279 e. The summed E-state index contributed by atoms with van der Waals surface area (Å²) in [6, 6.07) is 12.5. The van der Waals surface area contributed by atoms with Gasteiger partial charge in [-0.15, -0.1) is 0 Å². The Morgan fingerprint density at radius 1 is 0.938 bits per heavy atom.